The number of aryl methyl sites for hydroxylation is 2. The quantitative estimate of drug-likeness (QED) is 0.297. The Balaban J connectivity index is 1.23. The van der Waals surface area contributed by atoms with Crippen molar-refractivity contribution in [1.82, 2.24) is 14.8 Å². The molecule has 2 saturated heterocycles. The summed E-state index contributed by atoms with van der Waals surface area (Å²) in [5, 5.41) is 0. The Labute approximate surface area is 245 Å². The highest BCUT2D eigenvalue weighted by atomic mass is 19.4. The summed E-state index contributed by atoms with van der Waals surface area (Å²) in [6.45, 7) is 9.49. The molecule has 42 heavy (non-hydrogen) atoms. The van der Waals surface area contributed by atoms with E-state index in [1.165, 1.54) is 12.1 Å². The molecule has 2 fully saturated rings. The van der Waals surface area contributed by atoms with Gasteiger partial charge in [-0.3, -0.25) is 9.69 Å². The zero-order valence-corrected chi connectivity index (χ0v) is 24.4. The average molecular weight is 582 g/mol. The van der Waals surface area contributed by atoms with Crippen molar-refractivity contribution in [2.75, 3.05) is 26.2 Å². The first-order valence-electron chi connectivity index (χ1n) is 14.6. The van der Waals surface area contributed by atoms with Gasteiger partial charge in [-0.2, -0.15) is 0 Å². The maximum Gasteiger partial charge on any atom is 0.573 e. The van der Waals surface area contributed by atoms with Crippen LogP contribution in [0.5, 0.6) is 11.6 Å². The Bertz CT molecular complexity index is 1330. The molecule has 2 aliphatic heterocycles. The molecule has 2 aromatic carbocycles. The number of piperidine rings is 2. The van der Waals surface area contributed by atoms with Crippen LogP contribution in [0, 0.1) is 19.8 Å². The van der Waals surface area contributed by atoms with E-state index in [-0.39, 0.29) is 29.2 Å². The number of nitrogens with zero attached hydrogens (tertiary/aromatic N) is 3. The maximum absolute atomic E-state index is 13.4. The number of alkyl halides is 3. The van der Waals surface area contributed by atoms with Crippen LogP contribution in [0.2, 0.25) is 0 Å². The lowest BCUT2D eigenvalue weighted by atomic mass is 9.82. The third-order valence-electron chi connectivity index (χ3n) is 8.88. The summed E-state index contributed by atoms with van der Waals surface area (Å²) >= 11 is 0. The number of pyridine rings is 1. The summed E-state index contributed by atoms with van der Waals surface area (Å²) < 4.78 is 48.5. The molecule has 9 heteroatoms. The molecule has 224 valence electrons. The van der Waals surface area contributed by atoms with Crippen molar-refractivity contribution >= 4 is 5.91 Å². The molecule has 0 aliphatic carbocycles. The van der Waals surface area contributed by atoms with Crippen molar-refractivity contribution in [3.05, 3.63) is 89.1 Å². The van der Waals surface area contributed by atoms with E-state index in [1.807, 2.05) is 49.1 Å². The van der Waals surface area contributed by atoms with Crippen LogP contribution in [0.25, 0.3) is 0 Å². The van der Waals surface area contributed by atoms with Gasteiger partial charge in [0.1, 0.15) is 11.9 Å². The molecule has 2 aliphatic rings. The summed E-state index contributed by atoms with van der Waals surface area (Å²) in [6, 6.07) is 17.4. The molecule has 3 aromatic rings. The third-order valence-corrected chi connectivity index (χ3v) is 8.88. The minimum atomic E-state index is -4.74. The van der Waals surface area contributed by atoms with E-state index in [4.69, 9.17) is 4.74 Å². The first-order valence-corrected chi connectivity index (χ1v) is 14.6. The van der Waals surface area contributed by atoms with Crippen molar-refractivity contribution in [3.63, 3.8) is 0 Å². The van der Waals surface area contributed by atoms with Gasteiger partial charge in [-0.1, -0.05) is 36.4 Å². The van der Waals surface area contributed by atoms with Crippen LogP contribution >= 0.6 is 0 Å². The van der Waals surface area contributed by atoms with Crippen LogP contribution in [-0.2, 0) is 0 Å². The predicted octanol–water partition coefficient (Wildman–Crippen LogP) is 7.12. The molecule has 0 saturated carbocycles. The SMILES string of the molecule is Cc1cccc(C)c1C(=O)N1CCC(C)(N2CCC(C(Oc3ccccn3)c3ccc(OC(F)(F)F)cc3)CC2)CC1. The van der Waals surface area contributed by atoms with Gasteiger partial charge in [0.05, 0.1) is 0 Å². The molecule has 3 heterocycles. The zero-order chi connectivity index (χ0) is 29.9. The standard InChI is InChI=1S/C33H38F3N3O3/c1-23-7-6-8-24(2)29(23)31(40)38-21-16-32(3,17-22-38)39-19-14-26(15-20-39)30(41-28-9-4-5-18-37-28)25-10-12-27(13-11-25)42-33(34,35)36/h4-13,18,26,30H,14-17,19-22H2,1-3H3. The van der Waals surface area contributed by atoms with Crippen LogP contribution in [0.3, 0.4) is 0 Å². The van der Waals surface area contributed by atoms with E-state index in [0.717, 1.165) is 74.1 Å². The molecule has 1 aromatic heterocycles. The Morgan fingerprint density at radius 3 is 2.14 bits per heavy atom. The van der Waals surface area contributed by atoms with E-state index in [2.05, 4.69) is 21.5 Å². The second-order valence-corrected chi connectivity index (χ2v) is 11.7. The lowest BCUT2D eigenvalue weighted by molar-refractivity contribution is -0.274. The van der Waals surface area contributed by atoms with E-state index >= 15 is 0 Å². The summed E-state index contributed by atoms with van der Waals surface area (Å²) in [7, 11) is 0. The largest absolute Gasteiger partial charge is 0.573 e. The second kappa shape index (κ2) is 12.3. The molecular weight excluding hydrogens is 543 g/mol. The summed E-state index contributed by atoms with van der Waals surface area (Å²) in [4.78, 5) is 22.2. The summed E-state index contributed by atoms with van der Waals surface area (Å²) in [5.41, 5.74) is 3.63. The number of benzene rings is 2. The van der Waals surface area contributed by atoms with Gasteiger partial charge in [0, 0.05) is 42.4 Å². The molecule has 0 spiro atoms. The van der Waals surface area contributed by atoms with Gasteiger partial charge in [-0.05, 0) is 94.4 Å². The molecule has 0 N–H and O–H groups in total. The van der Waals surface area contributed by atoms with Crippen LogP contribution < -0.4 is 9.47 Å². The van der Waals surface area contributed by atoms with E-state index in [0.29, 0.717) is 5.88 Å². The monoisotopic (exact) mass is 581 g/mol. The van der Waals surface area contributed by atoms with Gasteiger partial charge in [-0.15, -0.1) is 13.2 Å². The highest BCUT2D eigenvalue weighted by molar-refractivity contribution is 5.97. The Kier molecular flexibility index (Phi) is 8.78. The van der Waals surface area contributed by atoms with E-state index < -0.39 is 6.36 Å². The zero-order valence-electron chi connectivity index (χ0n) is 24.4. The number of likely N-dealkylation sites (tertiary alicyclic amines) is 2. The number of carbonyl (C=O) groups excluding carboxylic acids is 1. The highest BCUT2D eigenvalue weighted by Crippen LogP contribution is 2.39. The van der Waals surface area contributed by atoms with Gasteiger partial charge in [-0.25, -0.2) is 4.98 Å². The average Bonchev–Trinajstić information content (AvgIpc) is 2.96. The Morgan fingerprint density at radius 1 is 0.929 bits per heavy atom. The molecule has 0 bridgehead atoms. The number of hydrogen-bond donors (Lipinski definition) is 0. The number of halogens is 3. The third kappa shape index (κ3) is 6.89. The number of rotatable bonds is 7. The van der Waals surface area contributed by atoms with Crippen molar-refractivity contribution in [1.29, 1.82) is 0 Å². The predicted molar refractivity (Wildman–Crippen MR) is 154 cm³/mol. The summed E-state index contributed by atoms with van der Waals surface area (Å²) in [5.74, 6) is 0.501. The van der Waals surface area contributed by atoms with Gasteiger partial charge in [0.25, 0.3) is 5.91 Å². The fourth-order valence-corrected chi connectivity index (χ4v) is 6.40. The molecule has 1 atom stereocenters. The minimum absolute atomic E-state index is 0.00352. The maximum atomic E-state index is 13.4. The van der Waals surface area contributed by atoms with Gasteiger partial charge in [0.15, 0.2) is 0 Å². The summed E-state index contributed by atoms with van der Waals surface area (Å²) in [6.07, 6.45) is 0.126. The number of carbonyl (C=O) groups is 1. The fraction of sp³-hybridized carbons (Fsp3) is 0.455. The van der Waals surface area contributed by atoms with E-state index in [9.17, 15) is 18.0 Å². The van der Waals surface area contributed by atoms with Crippen molar-refractivity contribution in [3.8, 4) is 11.6 Å². The number of aromatic nitrogens is 1. The van der Waals surface area contributed by atoms with Gasteiger partial charge >= 0.3 is 6.36 Å². The lowest BCUT2D eigenvalue weighted by Crippen LogP contribution is -2.56. The van der Waals surface area contributed by atoms with Crippen LogP contribution in [0.15, 0.2) is 66.9 Å². The highest BCUT2D eigenvalue weighted by Gasteiger charge is 2.40. The molecule has 6 nitrogen and oxygen atoms in total. The molecule has 0 radical (unpaired) electrons. The normalized spacial score (nSPS) is 18.9. The molecule has 1 amide bonds. The van der Waals surface area contributed by atoms with Crippen LogP contribution in [-0.4, -0.2) is 58.8 Å². The number of hydrogen-bond acceptors (Lipinski definition) is 5. The first kappa shape index (κ1) is 29.9. The fourth-order valence-electron chi connectivity index (χ4n) is 6.40. The Hall–Kier alpha value is -3.59. The van der Waals surface area contributed by atoms with Crippen LogP contribution in [0.1, 0.15) is 65.8 Å². The molecule has 5 rings (SSSR count). The van der Waals surface area contributed by atoms with Gasteiger partial charge < -0.3 is 14.4 Å². The van der Waals surface area contributed by atoms with Crippen molar-refractivity contribution in [2.24, 2.45) is 5.92 Å². The van der Waals surface area contributed by atoms with Crippen molar-refractivity contribution < 1.29 is 27.4 Å². The smallest absolute Gasteiger partial charge is 0.469 e. The lowest BCUT2D eigenvalue weighted by Gasteiger charge is -2.50. The molecule has 1 unspecified atom stereocenters. The number of ether oxygens (including phenoxy) is 2. The Morgan fingerprint density at radius 2 is 1.57 bits per heavy atom. The van der Waals surface area contributed by atoms with Crippen LogP contribution in [0.4, 0.5) is 13.2 Å². The second-order valence-electron chi connectivity index (χ2n) is 11.7. The van der Waals surface area contributed by atoms with E-state index in [1.54, 1.807) is 24.4 Å². The number of amides is 1. The topological polar surface area (TPSA) is 54.9 Å². The first-order chi connectivity index (χ1) is 20.0. The minimum Gasteiger partial charge on any atom is -0.469 e. The molecular formula is C33H38F3N3O3. The van der Waals surface area contributed by atoms with Crippen molar-refractivity contribution in [2.45, 2.75) is 64.5 Å². The van der Waals surface area contributed by atoms with Gasteiger partial charge in [0.2, 0.25) is 5.88 Å².